The van der Waals surface area contributed by atoms with Gasteiger partial charge in [0, 0.05) is 4.98 Å². The summed E-state index contributed by atoms with van der Waals surface area (Å²) in [5.74, 6) is -2.05. The van der Waals surface area contributed by atoms with E-state index in [1.165, 1.54) is 0 Å². The van der Waals surface area contributed by atoms with Gasteiger partial charge in [0.2, 0.25) is 5.75 Å². The highest BCUT2D eigenvalue weighted by Gasteiger charge is 2.37. The van der Waals surface area contributed by atoms with E-state index < -0.39 is 23.0 Å². The minimum atomic E-state index is -5.00. The maximum Gasteiger partial charge on any atom is 0.575 e. The van der Waals surface area contributed by atoms with Gasteiger partial charge in [-0.3, -0.25) is 0 Å². The number of nitrogens with zero attached hydrogens (tertiary/aromatic N) is 2. The Morgan fingerprint density at radius 3 is 2.53 bits per heavy atom. The summed E-state index contributed by atoms with van der Waals surface area (Å²) in [6.45, 7) is 0. The Labute approximate surface area is 106 Å². The van der Waals surface area contributed by atoms with Crippen molar-refractivity contribution < 1.29 is 27.6 Å². The zero-order valence-corrected chi connectivity index (χ0v) is 10.3. The van der Waals surface area contributed by atoms with Gasteiger partial charge in [-0.2, -0.15) is 0 Å². The van der Waals surface area contributed by atoms with E-state index in [0.717, 1.165) is 13.2 Å². The van der Waals surface area contributed by atoms with Crippen LogP contribution in [-0.2, 0) is 0 Å². The van der Waals surface area contributed by atoms with E-state index in [0.29, 0.717) is 0 Å². The topological polar surface area (TPSA) is 74.5 Å². The van der Waals surface area contributed by atoms with Crippen molar-refractivity contribution in [1.82, 2.24) is 4.98 Å². The van der Waals surface area contributed by atoms with Crippen LogP contribution in [0.4, 0.5) is 19.0 Å². The first kappa shape index (κ1) is 13.7. The summed E-state index contributed by atoms with van der Waals surface area (Å²) < 4.78 is 44.4. The third-order valence-electron chi connectivity index (χ3n) is 1.49. The largest absolute Gasteiger partial charge is 0.575 e. The van der Waals surface area contributed by atoms with Crippen molar-refractivity contribution in [3.8, 4) is 11.6 Å². The molecule has 1 heterocycles. The highest BCUT2D eigenvalue weighted by Crippen LogP contribution is 2.36. The number of hydrogen-bond acceptors (Lipinski definition) is 5. The fraction of sp³-hybridized carbons (Fsp3) is 0.286. The number of pyridine rings is 1. The second-order valence-corrected chi connectivity index (χ2v) is 3.77. The van der Waals surface area contributed by atoms with Crippen molar-refractivity contribution in [1.29, 1.82) is 0 Å². The van der Waals surface area contributed by atoms with Crippen LogP contribution in [0.5, 0.6) is 11.6 Å². The van der Waals surface area contributed by atoms with Gasteiger partial charge in [0.1, 0.15) is 0 Å². The molecule has 0 fully saturated rings. The van der Waals surface area contributed by atoms with Crippen molar-refractivity contribution in [2.75, 3.05) is 7.11 Å². The van der Waals surface area contributed by atoms with E-state index in [-0.39, 0.29) is 9.32 Å². The smallest absolute Gasteiger partial charge is 0.489 e. The maximum absolute atomic E-state index is 12.0. The van der Waals surface area contributed by atoms with Crippen LogP contribution >= 0.6 is 22.6 Å². The molecule has 0 bridgehead atoms. The summed E-state index contributed by atoms with van der Waals surface area (Å²) in [5.41, 5.74) is 0. The van der Waals surface area contributed by atoms with Gasteiger partial charge < -0.3 is 19.6 Å². The zero-order chi connectivity index (χ0) is 13.2. The molecule has 0 radical (unpaired) electrons. The second kappa shape index (κ2) is 4.89. The molecular formula is C7H4F3IN2O4. The first-order chi connectivity index (χ1) is 7.74. The van der Waals surface area contributed by atoms with Crippen LogP contribution in [0.1, 0.15) is 0 Å². The fourth-order valence-corrected chi connectivity index (χ4v) is 1.65. The molecule has 0 unspecified atom stereocenters. The summed E-state index contributed by atoms with van der Waals surface area (Å²) in [7, 11) is 1.11. The molecule has 1 aromatic heterocycles. The SMILES string of the molecule is COc1c(I)cc([N+](=O)[O-])nc1OC(F)(F)F. The van der Waals surface area contributed by atoms with Gasteiger partial charge in [0.15, 0.2) is 0 Å². The Bertz CT molecular complexity index is 451. The number of methoxy groups -OCH3 is 1. The third kappa shape index (κ3) is 3.57. The van der Waals surface area contributed by atoms with Gasteiger partial charge in [0.25, 0.3) is 0 Å². The zero-order valence-electron chi connectivity index (χ0n) is 8.12. The summed E-state index contributed by atoms with van der Waals surface area (Å²) in [6, 6.07) is 0.975. The van der Waals surface area contributed by atoms with Crippen molar-refractivity contribution in [3.63, 3.8) is 0 Å². The molecule has 0 saturated carbocycles. The number of rotatable bonds is 3. The average Bonchev–Trinajstić information content (AvgIpc) is 2.14. The second-order valence-electron chi connectivity index (χ2n) is 2.61. The molecule has 0 aliphatic heterocycles. The van der Waals surface area contributed by atoms with E-state index in [4.69, 9.17) is 0 Å². The number of aromatic nitrogens is 1. The number of hydrogen-bond donors (Lipinski definition) is 0. The van der Waals surface area contributed by atoms with Crippen LogP contribution in [-0.4, -0.2) is 23.4 Å². The van der Waals surface area contributed by atoms with Crippen LogP contribution in [0, 0.1) is 13.7 Å². The number of ether oxygens (including phenoxy) is 2. The molecule has 0 atom stereocenters. The minimum Gasteiger partial charge on any atom is -0.489 e. The Morgan fingerprint density at radius 1 is 1.53 bits per heavy atom. The van der Waals surface area contributed by atoms with E-state index in [1.807, 2.05) is 0 Å². The molecular weight excluding hydrogens is 360 g/mol. The first-order valence-electron chi connectivity index (χ1n) is 3.89. The Kier molecular flexibility index (Phi) is 3.95. The summed E-state index contributed by atoms with van der Waals surface area (Å²) >= 11 is 1.58. The number of alkyl halides is 3. The molecule has 6 nitrogen and oxygen atoms in total. The lowest BCUT2D eigenvalue weighted by atomic mass is 10.4. The van der Waals surface area contributed by atoms with Crippen LogP contribution in [0.15, 0.2) is 6.07 Å². The molecule has 0 saturated heterocycles. The maximum atomic E-state index is 12.0. The van der Waals surface area contributed by atoms with Gasteiger partial charge >= 0.3 is 18.1 Å². The summed E-state index contributed by atoms with van der Waals surface area (Å²) in [6.07, 6.45) is -5.00. The third-order valence-corrected chi connectivity index (χ3v) is 2.29. The lowest BCUT2D eigenvalue weighted by molar-refractivity contribution is -0.390. The average molecular weight is 364 g/mol. The van der Waals surface area contributed by atoms with Gasteiger partial charge in [0.05, 0.1) is 16.7 Å². The van der Waals surface area contributed by atoms with E-state index in [1.54, 1.807) is 22.6 Å². The Morgan fingerprint density at radius 2 is 2.12 bits per heavy atom. The highest BCUT2D eigenvalue weighted by atomic mass is 127. The van der Waals surface area contributed by atoms with Crippen molar-refractivity contribution >= 4 is 28.4 Å². The van der Waals surface area contributed by atoms with Crippen molar-refractivity contribution in [3.05, 3.63) is 19.8 Å². The molecule has 0 aliphatic rings. The molecule has 17 heavy (non-hydrogen) atoms. The van der Waals surface area contributed by atoms with Crippen molar-refractivity contribution in [2.45, 2.75) is 6.36 Å². The van der Waals surface area contributed by atoms with E-state index in [9.17, 15) is 23.3 Å². The predicted octanol–water partition coefficient (Wildman–Crippen LogP) is 2.50. The van der Waals surface area contributed by atoms with Crippen LogP contribution < -0.4 is 9.47 Å². The fourth-order valence-electron chi connectivity index (χ4n) is 0.925. The Hall–Kier alpha value is -1.33. The summed E-state index contributed by atoms with van der Waals surface area (Å²) in [4.78, 5) is 12.6. The summed E-state index contributed by atoms with van der Waals surface area (Å²) in [5, 5.41) is 10.4. The van der Waals surface area contributed by atoms with Crippen LogP contribution in [0.3, 0.4) is 0 Å². The van der Waals surface area contributed by atoms with Gasteiger partial charge in [-0.15, -0.1) is 13.2 Å². The predicted molar refractivity (Wildman–Crippen MR) is 56.8 cm³/mol. The lowest BCUT2D eigenvalue weighted by Crippen LogP contribution is -2.19. The number of halogens is 4. The number of nitro groups is 1. The molecule has 0 aliphatic carbocycles. The van der Waals surface area contributed by atoms with Gasteiger partial charge in [-0.05, 0) is 27.5 Å². The molecule has 0 amide bonds. The van der Waals surface area contributed by atoms with Gasteiger partial charge in [-0.1, -0.05) is 0 Å². The standard InChI is InChI=1S/C7H4F3IN2O4/c1-16-5-3(11)2-4(13(14)15)12-6(5)17-7(8,9)10/h2H,1H3. The van der Waals surface area contributed by atoms with Gasteiger partial charge in [-0.25, -0.2) is 0 Å². The first-order valence-corrected chi connectivity index (χ1v) is 4.97. The highest BCUT2D eigenvalue weighted by molar-refractivity contribution is 14.1. The minimum absolute atomic E-state index is 0.0889. The monoisotopic (exact) mass is 364 g/mol. The van der Waals surface area contributed by atoms with E-state index in [2.05, 4.69) is 14.5 Å². The molecule has 1 rings (SSSR count). The van der Waals surface area contributed by atoms with Crippen LogP contribution in [0.2, 0.25) is 0 Å². The molecule has 10 heteroatoms. The molecule has 0 aromatic carbocycles. The molecule has 94 valence electrons. The molecule has 0 N–H and O–H groups in total. The molecule has 1 aromatic rings. The van der Waals surface area contributed by atoms with Crippen LogP contribution in [0.25, 0.3) is 0 Å². The Balaban J connectivity index is 3.29. The quantitative estimate of drug-likeness (QED) is 0.468. The van der Waals surface area contributed by atoms with E-state index >= 15 is 0 Å². The van der Waals surface area contributed by atoms with Crippen molar-refractivity contribution in [2.24, 2.45) is 0 Å². The normalized spacial score (nSPS) is 11.1. The lowest BCUT2D eigenvalue weighted by Gasteiger charge is -2.09. The molecule has 0 spiro atoms.